The highest BCUT2D eigenvalue weighted by atomic mass is 16.5. The van der Waals surface area contributed by atoms with Crippen LogP contribution < -0.4 is 5.73 Å². The van der Waals surface area contributed by atoms with Gasteiger partial charge in [0, 0.05) is 25.6 Å². The van der Waals surface area contributed by atoms with E-state index in [1.165, 1.54) is 0 Å². The van der Waals surface area contributed by atoms with E-state index < -0.39 is 0 Å². The molecule has 1 fully saturated rings. The van der Waals surface area contributed by atoms with E-state index in [2.05, 4.69) is 28.9 Å². The molecule has 1 aliphatic heterocycles. The maximum absolute atomic E-state index is 5.87. The number of nitrogens with zero attached hydrogens (tertiary/aromatic N) is 3. The molecule has 0 atom stereocenters. The van der Waals surface area contributed by atoms with Gasteiger partial charge >= 0.3 is 0 Å². The third-order valence-corrected chi connectivity index (χ3v) is 3.09. The summed E-state index contributed by atoms with van der Waals surface area (Å²) in [6, 6.07) is 0.366. The molecule has 0 amide bonds. The summed E-state index contributed by atoms with van der Waals surface area (Å²) in [4.78, 5) is 6.74. The highest BCUT2D eigenvalue weighted by Crippen LogP contribution is 2.12. The van der Waals surface area contributed by atoms with Crippen molar-refractivity contribution in [2.45, 2.75) is 45.7 Å². The number of aromatic nitrogens is 2. The van der Waals surface area contributed by atoms with E-state index in [1.807, 2.05) is 0 Å². The van der Waals surface area contributed by atoms with Crippen molar-refractivity contribution < 1.29 is 4.52 Å². The predicted molar refractivity (Wildman–Crippen MR) is 65.3 cm³/mol. The van der Waals surface area contributed by atoms with Gasteiger partial charge in [0.2, 0.25) is 5.89 Å². The van der Waals surface area contributed by atoms with Gasteiger partial charge in [0.15, 0.2) is 5.82 Å². The molecule has 1 aromatic heterocycles. The van der Waals surface area contributed by atoms with Crippen molar-refractivity contribution in [1.29, 1.82) is 0 Å². The van der Waals surface area contributed by atoms with E-state index >= 15 is 0 Å². The molecule has 1 saturated heterocycles. The Morgan fingerprint density at radius 1 is 1.41 bits per heavy atom. The minimum Gasteiger partial charge on any atom is -0.338 e. The van der Waals surface area contributed by atoms with Gasteiger partial charge in [0.05, 0.1) is 6.54 Å². The van der Waals surface area contributed by atoms with E-state index in [9.17, 15) is 0 Å². The average molecular weight is 238 g/mol. The Morgan fingerprint density at radius 2 is 2.12 bits per heavy atom. The molecule has 2 N–H and O–H groups in total. The second-order valence-corrected chi connectivity index (χ2v) is 5.32. The highest BCUT2D eigenvalue weighted by molar-refractivity contribution is 4.88. The lowest BCUT2D eigenvalue weighted by Crippen LogP contribution is -2.39. The maximum Gasteiger partial charge on any atom is 0.240 e. The van der Waals surface area contributed by atoms with Crippen molar-refractivity contribution in [3.63, 3.8) is 0 Å². The predicted octanol–water partition coefficient (Wildman–Crippen LogP) is 1.19. The largest absolute Gasteiger partial charge is 0.338 e. The summed E-state index contributed by atoms with van der Waals surface area (Å²) >= 11 is 0. The molecule has 0 unspecified atom stereocenters. The molecule has 1 aliphatic rings. The number of rotatable bonds is 4. The van der Waals surface area contributed by atoms with Crippen LogP contribution >= 0.6 is 0 Å². The highest BCUT2D eigenvalue weighted by Gasteiger charge is 2.18. The normalized spacial score (nSPS) is 19.1. The van der Waals surface area contributed by atoms with Gasteiger partial charge in [-0.15, -0.1) is 0 Å². The van der Waals surface area contributed by atoms with Gasteiger partial charge in [0.1, 0.15) is 0 Å². The van der Waals surface area contributed by atoms with Crippen LogP contribution in [0.1, 0.15) is 38.4 Å². The first kappa shape index (κ1) is 12.5. The Hall–Kier alpha value is -0.940. The fourth-order valence-corrected chi connectivity index (χ4v) is 2.10. The molecule has 5 nitrogen and oxygen atoms in total. The first-order chi connectivity index (χ1) is 8.13. The molecule has 0 radical (unpaired) electrons. The van der Waals surface area contributed by atoms with Gasteiger partial charge in [-0.3, -0.25) is 4.90 Å². The van der Waals surface area contributed by atoms with E-state index in [1.54, 1.807) is 0 Å². The van der Waals surface area contributed by atoms with Gasteiger partial charge in [-0.05, 0) is 18.8 Å². The number of likely N-dealkylation sites (tertiary alicyclic amines) is 1. The van der Waals surface area contributed by atoms with Crippen LogP contribution in [0.15, 0.2) is 4.52 Å². The van der Waals surface area contributed by atoms with Gasteiger partial charge in [0.25, 0.3) is 0 Å². The van der Waals surface area contributed by atoms with E-state index in [4.69, 9.17) is 10.3 Å². The van der Waals surface area contributed by atoms with Crippen LogP contribution in [0, 0.1) is 5.92 Å². The number of nitrogens with two attached hydrogens (primary N) is 1. The van der Waals surface area contributed by atoms with Crippen molar-refractivity contribution in [1.82, 2.24) is 15.0 Å². The fourth-order valence-electron chi connectivity index (χ4n) is 2.10. The molecular formula is C12H22N4O. The SMILES string of the molecule is CC(C)Cc1noc(CN2CCC(N)CC2)n1. The Morgan fingerprint density at radius 3 is 2.76 bits per heavy atom. The summed E-state index contributed by atoms with van der Waals surface area (Å²) in [5, 5.41) is 4.00. The lowest BCUT2D eigenvalue weighted by atomic mass is 10.1. The smallest absolute Gasteiger partial charge is 0.240 e. The molecule has 2 heterocycles. The van der Waals surface area contributed by atoms with E-state index in [-0.39, 0.29) is 0 Å². The van der Waals surface area contributed by atoms with Crippen molar-refractivity contribution in [3.8, 4) is 0 Å². The summed E-state index contributed by atoms with van der Waals surface area (Å²) in [7, 11) is 0. The van der Waals surface area contributed by atoms with Crippen molar-refractivity contribution in [2.24, 2.45) is 11.7 Å². The Bertz CT molecular complexity index is 342. The van der Waals surface area contributed by atoms with Crippen LogP contribution in [-0.4, -0.2) is 34.2 Å². The lowest BCUT2D eigenvalue weighted by Gasteiger charge is -2.28. The van der Waals surface area contributed by atoms with Crippen LogP contribution in [-0.2, 0) is 13.0 Å². The van der Waals surface area contributed by atoms with Crippen molar-refractivity contribution in [3.05, 3.63) is 11.7 Å². The lowest BCUT2D eigenvalue weighted by molar-refractivity contribution is 0.181. The molecule has 5 heteroatoms. The molecule has 0 aliphatic carbocycles. The summed E-state index contributed by atoms with van der Waals surface area (Å²) in [6.45, 7) is 7.13. The zero-order valence-electron chi connectivity index (χ0n) is 10.7. The van der Waals surface area contributed by atoms with Crippen molar-refractivity contribution in [2.75, 3.05) is 13.1 Å². The zero-order chi connectivity index (χ0) is 12.3. The Balaban J connectivity index is 1.84. The second-order valence-electron chi connectivity index (χ2n) is 5.32. The molecule has 0 spiro atoms. The molecule has 96 valence electrons. The van der Waals surface area contributed by atoms with Crippen LogP contribution in [0.2, 0.25) is 0 Å². The first-order valence-corrected chi connectivity index (χ1v) is 6.43. The summed E-state index contributed by atoms with van der Waals surface area (Å²) < 4.78 is 5.26. The van der Waals surface area contributed by atoms with Crippen LogP contribution in [0.25, 0.3) is 0 Å². The molecular weight excluding hydrogens is 216 g/mol. The summed E-state index contributed by atoms with van der Waals surface area (Å²) in [6.07, 6.45) is 3.01. The maximum atomic E-state index is 5.87. The molecule has 17 heavy (non-hydrogen) atoms. The average Bonchev–Trinajstić information content (AvgIpc) is 2.68. The second kappa shape index (κ2) is 5.60. The van der Waals surface area contributed by atoms with Gasteiger partial charge in [-0.2, -0.15) is 4.98 Å². The summed E-state index contributed by atoms with van der Waals surface area (Å²) in [5.41, 5.74) is 5.87. The monoisotopic (exact) mass is 238 g/mol. The summed E-state index contributed by atoms with van der Waals surface area (Å²) in [5.74, 6) is 2.12. The molecule has 1 aromatic rings. The van der Waals surface area contributed by atoms with E-state index in [0.29, 0.717) is 12.0 Å². The molecule has 0 aromatic carbocycles. The minimum absolute atomic E-state index is 0.366. The van der Waals surface area contributed by atoms with Crippen molar-refractivity contribution >= 4 is 0 Å². The van der Waals surface area contributed by atoms with Crippen LogP contribution in [0.5, 0.6) is 0 Å². The number of hydrogen-bond donors (Lipinski definition) is 1. The topological polar surface area (TPSA) is 68.2 Å². The quantitative estimate of drug-likeness (QED) is 0.853. The molecule has 0 bridgehead atoms. The van der Waals surface area contributed by atoms with Gasteiger partial charge < -0.3 is 10.3 Å². The zero-order valence-corrected chi connectivity index (χ0v) is 10.7. The fraction of sp³-hybridized carbons (Fsp3) is 0.833. The molecule has 2 rings (SSSR count). The minimum atomic E-state index is 0.366. The first-order valence-electron chi connectivity index (χ1n) is 6.43. The van der Waals surface area contributed by atoms with Crippen LogP contribution in [0.4, 0.5) is 0 Å². The molecule has 0 saturated carbocycles. The van der Waals surface area contributed by atoms with E-state index in [0.717, 1.165) is 50.6 Å². The van der Waals surface area contributed by atoms with Gasteiger partial charge in [-0.1, -0.05) is 19.0 Å². The Labute approximate surface area is 102 Å². The van der Waals surface area contributed by atoms with Gasteiger partial charge in [-0.25, -0.2) is 0 Å². The number of hydrogen-bond acceptors (Lipinski definition) is 5. The third kappa shape index (κ3) is 3.78. The third-order valence-electron chi connectivity index (χ3n) is 3.09. The number of piperidine rings is 1. The standard InChI is InChI=1S/C12H22N4O/c1-9(2)7-11-14-12(17-15-11)8-16-5-3-10(13)4-6-16/h9-10H,3-8,13H2,1-2H3. The Kier molecular flexibility index (Phi) is 4.12. The van der Waals surface area contributed by atoms with Crippen LogP contribution in [0.3, 0.4) is 0 Å².